The van der Waals surface area contributed by atoms with Crippen LogP contribution in [0, 0.1) is 0 Å². The van der Waals surface area contributed by atoms with E-state index in [1.807, 2.05) is 48.7 Å². The molecule has 0 saturated heterocycles. The second-order valence-electron chi connectivity index (χ2n) is 9.97. The van der Waals surface area contributed by atoms with E-state index in [-0.39, 0.29) is 24.3 Å². The molecular formula is C32H39N3O5. The molecule has 0 spiro atoms. The number of aliphatic hydroxyl groups excluding tert-OH is 2. The fraction of sp³-hybridized carbons (Fsp3) is 0.344. The molecule has 1 aromatic heterocycles. The van der Waals surface area contributed by atoms with Gasteiger partial charge >= 0.3 is 0 Å². The average Bonchev–Trinajstić information content (AvgIpc) is 3.33. The lowest BCUT2D eigenvalue weighted by atomic mass is 10.0. The van der Waals surface area contributed by atoms with E-state index < -0.39 is 6.10 Å². The molecule has 1 amide bonds. The summed E-state index contributed by atoms with van der Waals surface area (Å²) >= 11 is 0. The van der Waals surface area contributed by atoms with Gasteiger partial charge in [0.15, 0.2) is 0 Å². The number of aliphatic hydroxyl groups is 2. The molecule has 0 radical (unpaired) electrons. The second-order valence-corrected chi connectivity index (χ2v) is 9.97. The van der Waals surface area contributed by atoms with Gasteiger partial charge in [-0.2, -0.15) is 0 Å². The number of benzene rings is 3. The first-order valence-electron chi connectivity index (χ1n) is 13.8. The molecule has 212 valence electrons. The molecule has 8 nitrogen and oxygen atoms in total. The number of para-hydroxylation sites is 1. The number of nitrogens with zero attached hydrogens (tertiary/aromatic N) is 1. The Balaban J connectivity index is 1.40. The van der Waals surface area contributed by atoms with E-state index in [2.05, 4.69) is 35.8 Å². The van der Waals surface area contributed by atoms with Gasteiger partial charge in [0.2, 0.25) is 0 Å². The Morgan fingerprint density at radius 3 is 2.58 bits per heavy atom. The first kappa shape index (κ1) is 29.1. The maximum absolute atomic E-state index is 13.2. The van der Waals surface area contributed by atoms with E-state index in [1.165, 1.54) is 6.07 Å². The minimum absolute atomic E-state index is 0.0135. The van der Waals surface area contributed by atoms with Crippen molar-refractivity contribution in [1.82, 2.24) is 15.2 Å². The van der Waals surface area contributed by atoms with Crippen LogP contribution < -0.4 is 15.4 Å². The lowest BCUT2D eigenvalue weighted by Gasteiger charge is -2.18. The summed E-state index contributed by atoms with van der Waals surface area (Å²) in [5.74, 6) is 0.660. The fourth-order valence-corrected chi connectivity index (χ4v) is 4.98. The Labute approximate surface area is 235 Å². The van der Waals surface area contributed by atoms with Crippen molar-refractivity contribution in [2.75, 3.05) is 13.2 Å². The zero-order chi connectivity index (χ0) is 28.6. The lowest BCUT2D eigenvalue weighted by Crippen LogP contribution is -2.32. The molecule has 2 atom stereocenters. The topological polar surface area (TPSA) is 116 Å². The maximum atomic E-state index is 13.2. The molecule has 1 heterocycles. The molecule has 0 aliphatic heterocycles. The number of aromatic hydroxyl groups is 1. The minimum Gasteiger partial charge on any atom is -0.508 e. The summed E-state index contributed by atoms with van der Waals surface area (Å²) in [7, 11) is 0. The number of fused-ring (bicyclic) bond motifs is 1. The number of nitrogens with one attached hydrogen (secondary N) is 2. The zero-order valence-electron chi connectivity index (χ0n) is 23.4. The van der Waals surface area contributed by atoms with Crippen LogP contribution >= 0.6 is 0 Å². The molecule has 0 aliphatic rings. The minimum atomic E-state index is -0.768. The SMILES string of the molecule is CCOc1ccccc1CNC(=O)c1cc2cc(CC(C)NC[C@H](O)c3ccc(O)c(CO)c3)ccc2n1CC. The highest BCUT2D eigenvalue weighted by Crippen LogP contribution is 2.24. The van der Waals surface area contributed by atoms with Crippen molar-refractivity contribution in [3.05, 3.63) is 94.7 Å². The molecule has 0 bridgehead atoms. The molecule has 40 heavy (non-hydrogen) atoms. The van der Waals surface area contributed by atoms with Gasteiger partial charge in [-0.1, -0.05) is 30.3 Å². The van der Waals surface area contributed by atoms with Crippen molar-refractivity contribution < 1.29 is 24.9 Å². The Morgan fingerprint density at radius 1 is 1.02 bits per heavy atom. The van der Waals surface area contributed by atoms with E-state index in [9.17, 15) is 20.1 Å². The summed E-state index contributed by atoms with van der Waals surface area (Å²) in [6, 6.07) is 20.8. The predicted molar refractivity (Wildman–Crippen MR) is 157 cm³/mol. The van der Waals surface area contributed by atoms with Crippen LogP contribution in [0.1, 0.15) is 59.6 Å². The van der Waals surface area contributed by atoms with Crippen molar-refractivity contribution in [2.24, 2.45) is 0 Å². The van der Waals surface area contributed by atoms with Gasteiger partial charge < -0.3 is 35.3 Å². The summed E-state index contributed by atoms with van der Waals surface area (Å²) in [6.07, 6.45) is -0.0244. The molecule has 1 unspecified atom stereocenters. The Bertz CT molecular complexity index is 1450. The van der Waals surface area contributed by atoms with E-state index in [1.54, 1.807) is 12.1 Å². The third kappa shape index (κ3) is 6.83. The Morgan fingerprint density at radius 2 is 1.82 bits per heavy atom. The first-order chi connectivity index (χ1) is 19.3. The molecular weight excluding hydrogens is 506 g/mol. The van der Waals surface area contributed by atoms with Gasteiger partial charge in [-0.3, -0.25) is 4.79 Å². The van der Waals surface area contributed by atoms with E-state index in [0.717, 1.165) is 34.2 Å². The highest BCUT2D eigenvalue weighted by atomic mass is 16.5. The maximum Gasteiger partial charge on any atom is 0.268 e. The summed E-state index contributed by atoms with van der Waals surface area (Å²) in [6.45, 7) is 7.70. The van der Waals surface area contributed by atoms with Gasteiger partial charge in [-0.15, -0.1) is 0 Å². The van der Waals surface area contributed by atoms with Crippen LogP contribution in [0.3, 0.4) is 0 Å². The smallest absolute Gasteiger partial charge is 0.268 e. The monoisotopic (exact) mass is 545 g/mol. The highest BCUT2D eigenvalue weighted by molar-refractivity contribution is 5.99. The van der Waals surface area contributed by atoms with Gasteiger partial charge in [0.25, 0.3) is 5.91 Å². The van der Waals surface area contributed by atoms with Gasteiger partial charge in [-0.25, -0.2) is 0 Å². The number of aryl methyl sites for hydroxylation is 1. The molecule has 0 fully saturated rings. The predicted octanol–water partition coefficient (Wildman–Crippen LogP) is 4.44. The third-order valence-electron chi connectivity index (χ3n) is 7.09. The van der Waals surface area contributed by atoms with Gasteiger partial charge in [0.05, 0.1) is 19.3 Å². The first-order valence-corrected chi connectivity index (χ1v) is 13.8. The molecule has 0 aliphatic carbocycles. The van der Waals surface area contributed by atoms with Crippen LogP contribution in [0.25, 0.3) is 10.9 Å². The summed E-state index contributed by atoms with van der Waals surface area (Å²) in [5.41, 5.74) is 4.71. The number of rotatable bonds is 13. The quantitative estimate of drug-likeness (QED) is 0.170. The van der Waals surface area contributed by atoms with Crippen molar-refractivity contribution >= 4 is 16.8 Å². The van der Waals surface area contributed by atoms with Crippen LogP contribution in [0.5, 0.6) is 11.5 Å². The number of amides is 1. The lowest BCUT2D eigenvalue weighted by molar-refractivity contribution is 0.0942. The number of aromatic nitrogens is 1. The number of carbonyl (C=O) groups excluding carboxylic acids is 1. The number of hydrogen-bond acceptors (Lipinski definition) is 6. The van der Waals surface area contributed by atoms with E-state index >= 15 is 0 Å². The van der Waals surface area contributed by atoms with Crippen molar-refractivity contribution in [3.8, 4) is 11.5 Å². The normalized spacial score (nSPS) is 12.8. The Hall–Kier alpha value is -3.85. The number of phenols is 1. The van der Waals surface area contributed by atoms with Crippen LogP contribution in [0.4, 0.5) is 0 Å². The van der Waals surface area contributed by atoms with E-state index in [4.69, 9.17) is 4.74 Å². The van der Waals surface area contributed by atoms with E-state index in [0.29, 0.717) is 43.1 Å². The van der Waals surface area contributed by atoms with Crippen molar-refractivity contribution in [1.29, 1.82) is 0 Å². The number of ether oxygens (including phenoxy) is 1. The summed E-state index contributed by atoms with van der Waals surface area (Å²) in [4.78, 5) is 13.2. The van der Waals surface area contributed by atoms with Gasteiger partial charge in [0, 0.05) is 47.7 Å². The number of hydrogen-bond donors (Lipinski definition) is 5. The molecule has 3 aromatic carbocycles. The largest absolute Gasteiger partial charge is 0.508 e. The zero-order valence-corrected chi connectivity index (χ0v) is 23.4. The van der Waals surface area contributed by atoms with Crippen LogP contribution in [0.2, 0.25) is 0 Å². The fourth-order valence-electron chi connectivity index (χ4n) is 4.98. The van der Waals surface area contributed by atoms with Crippen molar-refractivity contribution in [2.45, 2.75) is 59.0 Å². The van der Waals surface area contributed by atoms with Crippen molar-refractivity contribution in [3.63, 3.8) is 0 Å². The standard InChI is InChI=1S/C32H39N3O5/c1-4-35-27-12-10-22(14-21(3)33-19-30(38)23-11-13-29(37)26(16-23)20-36)15-25(27)17-28(35)32(39)34-18-24-8-6-7-9-31(24)40-5-2/h6-13,15-17,21,30,33,36-38H,4-5,14,18-20H2,1-3H3,(H,34,39)/t21?,30-/m0/s1. The molecule has 4 aromatic rings. The molecule has 8 heteroatoms. The van der Waals surface area contributed by atoms with Crippen LogP contribution in [-0.2, 0) is 26.1 Å². The summed E-state index contributed by atoms with van der Waals surface area (Å²) in [5, 5.41) is 37.1. The number of carbonyl (C=O) groups is 1. The van der Waals surface area contributed by atoms with Crippen LogP contribution in [-0.4, -0.2) is 45.0 Å². The molecule has 5 N–H and O–H groups in total. The second kappa shape index (κ2) is 13.5. The molecule has 0 saturated carbocycles. The third-order valence-corrected chi connectivity index (χ3v) is 7.09. The highest BCUT2D eigenvalue weighted by Gasteiger charge is 2.17. The molecule has 4 rings (SSSR count). The van der Waals surface area contributed by atoms with Gasteiger partial charge in [-0.05, 0) is 74.7 Å². The summed E-state index contributed by atoms with van der Waals surface area (Å²) < 4.78 is 7.71. The Kier molecular flexibility index (Phi) is 9.82. The van der Waals surface area contributed by atoms with Crippen LogP contribution in [0.15, 0.2) is 66.7 Å². The van der Waals surface area contributed by atoms with Gasteiger partial charge in [0.1, 0.15) is 17.2 Å². The average molecular weight is 546 g/mol.